The normalized spacial score (nSPS) is 12.7. The number of allylic oxidation sites excluding steroid dienone is 8. The number of rotatable bonds is 35. The van der Waals surface area contributed by atoms with Crippen molar-refractivity contribution in [2.75, 3.05) is 0 Å². The van der Waals surface area contributed by atoms with Crippen molar-refractivity contribution in [3.8, 4) is 0 Å². The lowest BCUT2D eigenvalue weighted by Crippen LogP contribution is -2.18. The predicted molar refractivity (Wildman–Crippen MR) is 199 cm³/mol. The summed E-state index contributed by atoms with van der Waals surface area (Å²) < 4.78 is 5.98. The Labute approximate surface area is 285 Å². The molecule has 0 saturated heterocycles. The van der Waals surface area contributed by atoms with E-state index in [1.54, 1.807) is 0 Å². The second-order valence-electron chi connectivity index (χ2n) is 13.1. The smallest absolute Gasteiger partial charge is 0.306 e. The Morgan fingerprint density at radius 1 is 0.500 bits per heavy atom. The van der Waals surface area contributed by atoms with E-state index >= 15 is 0 Å². The van der Waals surface area contributed by atoms with Crippen molar-refractivity contribution in [2.45, 2.75) is 206 Å². The Morgan fingerprint density at radius 3 is 1.41 bits per heavy atom. The summed E-state index contributed by atoms with van der Waals surface area (Å²) in [6, 6.07) is 0. The highest BCUT2D eigenvalue weighted by molar-refractivity contribution is 5.69. The molecule has 4 heteroatoms. The largest absolute Gasteiger partial charge is 0.481 e. The molecule has 0 aromatic rings. The van der Waals surface area contributed by atoms with Crippen molar-refractivity contribution in [1.82, 2.24) is 0 Å². The maximum Gasteiger partial charge on any atom is 0.306 e. The van der Waals surface area contributed by atoms with Gasteiger partial charge in [0, 0.05) is 12.8 Å². The van der Waals surface area contributed by atoms with Gasteiger partial charge in [-0.05, 0) is 77.0 Å². The van der Waals surface area contributed by atoms with E-state index < -0.39 is 5.97 Å². The standard InChI is InChI=1S/C42H74O4/c1-3-5-7-9-11-13-15-17-18-20-21-23-25-28-32-36-40(37-33-29-27-30-34-38-41(43)44)46-42(45)39-35-31-26-24-22-19-16-14-12-10-8-6-4-2/h5,7,11,13,17-18,21,23,40H,3-4,6,8-10,12,14-16,19-20,22,24-39H2,1-2H3,(H,43,44)/b7-5-,13-11-,18-17-,23-21-. The summed E-state index contributed by atoms with van der Waals surface area (Å²) in [4.78, 5) is 23.4. The molecule has 0 aromatic heterocycles. The van der Waals surface area contributed by atoms with Gasteiger partial charge in [-0.2, -0.15) is 0 Å². The Balaban J connectivity index is 4.15. The van der Waals surface area contributed by atoms with Crippen molar-refractivity contribution >= 4 is 11.9 Å². The van der Waals surface area contributed by atoms with E-state index in [1.807, 2.05) is 0 Å². The number of carbonyl (C=O) groups is 2. The molecule has 1 unspecified atom stereocenters. The lowest BCUT2D eigenvalue weighted by atomic mass is 10.0. The monoisotopic (exact) mass is 643 g/mol. The third-order valence-electron chi connectivity index (χ3n) is 8.57. The van der Waals surface area contributed by atoms with Gasteiger partial charge in [0.15, 0.2) is 0 Å². The van der Waals surface area contributed by atoms with Gasteiger partial charge >= 0.3 is 11.9 Å². The number of aliphatic carboxylic acids is 1. The summed E-state index contributed by atoms with van der Waals surface area (Å²) in [7, 11) is 0. The van der Waals surface area contributed by atoms with Crippen LogP contribution < -0.4 is 0 Å². The molecule has 4 nitrogen and oxygen atoms in total. The maximum atomic E-state index is 12.7. The minimum absolute atomic E-state index is 0.0194. The number of carboxylic acids is 1. The van der Waals surface area contributed by atoms with Crippen LogP contribution in [0.5, 0.6) is 0 Å². The van der Waals surface area contributed by atoms with E-state index in [-0.39, 0.29) is 18.5 Å². The van der Waals surface area contributed by atoms with Crippen LogP contribution in [0, 0.1) is 0 Å². The van der Waals surface area contributed by atoms with Crippen LogP contribution in [0.15, 0.2) is 48.6 Å². The van der Waals surface area contributed by atoms with Gasteiger partial charge < -0.3 is 9.84 Å². The zero-order valence-electron chi connectivity index (χ0n) is 30.4. The van der Waals surface area contributed by atoms with E-state index in [1.165, 1.54) is 70.6 Å². The van der Waals surface area contributed by atoms with E-state index in [4.69, 9.17) is 9.84 Å². The van der Waals surface area contributed by atoms with Crippen LogP contribution in [-0.4, -0.2) is 23.1 Å². The van der Waals surface area contributed by atoms with E-state index in [2.05, 4.69) is 62.5 Å². The molecule has 0 spiro atoms. The number of hydrogen-bond donors (Lipinski definition) is 1. The second-order valence-corrected chi connectivity index (χ2v) is 13.1. The molecule has 1 N–H and O–H groups in total. The first-order chi connectivity index (χ1) is 22.6. The maximum absolute atomic E-state index is 12.7. The number of esters is 1. The molecular formula is C42H74O4. The zero-order chi connectivity index (χ0) is 33.6. The molecule has 0 heterocycles. The molecule has 0 aromatic carbocycles. The van der Waals surface area contributed by atoms with E-state index in [0.717, 1.165) is 103 Å². The molecule has 0 amide bonds. The molecule has 0 radical (unpaired) electrons. The van der Waals surface area contributed by atoms with E-state index in [0.29, 0.717) is 6.42 Å². The van der Waals surface area contributed by atoms with Crippen LogP contribution >= 0.6 is 0 Å². The minimum atomic E-state index is -0.708. The molecule has 266 valence electrons. The van der Waals surface area contributed by atoms with Crippen molar-refractivity contribution < 1.29 is 19.4 Å². The number of unbranched alkanes of at least 4 members (excludes halogenated alkanes) is 18. The highest BCUT2D eigenvalue weighted by Gasteiger charge is 2.14. The Hall–Kier alpha value is -2.10. The summed E-state index contributed by atoms with van der Waals surface area (Å²) in [5.41, 5.74) is 0. The van der Waals surface area contributed by atoms with Crippen LogP contribution in [0.3, 0.4) is 0 Å². The highest BCUT2D eigenvalue weighted by atomic mass is 16.5. The molecule has 0 saturated carbocycles. The first kappa shape index (κ1) is 43.9. The fraction of sp³-hybridized carbons (Fsp3) is 0.762. The molecule has 46 heavy (non-hydrogen) atoms. The van der Waals surface area contributed by atoms with Gasteiger partial charge in [0.2, 0.25) is 0 Å². The van der Waals surface area contributed by atoms with E-state index in [9.17, 15) is 9.59 Å². The van der Waals surface area contributed by atoms with Gasteiger partial charge in [-0.1, -0.05) is 159 Å². The quantitative estimate of drug-likeness (QED) is 0.0424. The highest BCUT2D eigenvalue weighted by Crippen LogP contribution is 2.18. The summed E-state index contributed by atoms with van der Waals surface area (Å²) in [5, 5.41) is 8.82. The molecule has 0 bridgehead atoms. The van der Waals surface area contributed by atoms with Crippen LogP contribution in [0.1, 0.15) is 200 Å². The zero-order valence-corrected chi connectivity index (χ0v) is 30.4. The third kappa shape index (κ3) is 36.4. The van der Waals surface area contributed by atoms with Crippen molar-refractivity contribution in [2.24, 2.45) is 0 Å². The summed E-state index contributed by atoms with van der Waals surface area (Å²) in [5.74, 6) is -0.728. The summed E-state index contributed by atoms with van der Waals surface area (Å²) >= 11 is 0. The summed E-state index contributed by atoms with van der Waals surface area (Å²) in [6.07, 6.45) is 49.8. The number of carboxylic acid groups (broad SMARTS) is 1. The van der Waals surface area contributed by atoms with Crippen molar-refractivity contribution in [3.63, 3.8) is 0 Å². The molecule has 0 aliphatic heterocycles. The SMILES string of the molecule is CC/C=C\C/C=C\C/C=C\C/C=C\CCCCC(CCCCCCCC(=O)O)OC(=O)CCCCCCCCCCCCCCC. The Bertz CT molecular complexity index is 779. The second kappa shape index (κ2) is 37.4. The molecule has 0 rings (SSSR count). The number of carbonyl (C=O) groups excluding carboxylic acids is 1. The van der Waals surface area contributed by atoms with Gasteiger partial charge in [0.1, 0.15) is 6.10 Å². The lowest BCUT2D eigenvalue weighted by molar-refractivity contribution is -0.150. The summed E-state index contributed by atoms with van der Waals surface area (Å²) in [6.45, 7) is 4.43. The predicted octanol–water partition coefficient (Wildman–Crippen LogP) is 13.6. The van der Waals surface area contributed by atoms with Crippen molar-refractivity contribution in [1.29, 1.82) is 0 Å². The number of hydrogen-bond acceptors (Lipinski definition) is 3. The average Bonchev–Trinajstić information content (AvgIpc) is 3.04. The lowest BCUT2D eigenvalue weighted by Gasteiger charge is -2.18. The fourth-order valence-corrected chi connectivity index (χ4v) is 5.70. The first-order valence-electron chi connectivity index (χ1n) is 19.6. The van der Waals surface area contributed by atoms with Gasteiger partial charge in [-0.15, -0.1) is 0 Å². The molecular weight excluding hydrogens is 568 g/mol. The average molecular weight is 643 g/mol. The van der Waals surface area contributed by atoms with Gasteiger partial charge in [0.25, 0.3) is 0 Å². The topological polar surface area (TPSA) is 63.6 Å². The minimum Gasteiger partial charge on any atom is -0.481 e. The van der Waals surface area contributed by atoms with Gasteiger partial charge in [0.05, 0.1) is 0 Å². The van der Waals surface area contributed by atoms with Crippen LogP contribution in [0.25, 0.3) is 0 Å². The van der Waals surface area contributed by atoms with Gasteiger partial charge in [-0.3, -0.25) is 9.59 Å². The first-order valence-corrected chi connectivity index (χ1v) is 19.6. The molecule has 0 fully saturated rings. The van der Waals surface area contributed by atoms with Crippen molar-refractivity contribution in [3.05, 3.63) is 48.6 Å². The Kier molecular flexibility index (Phi) is 35.7. The van der Waals surface area contributed by atoms with Gasteiger partial charge in [-0.25, -0.2) is 0 Å². The number of ether oxygens (including phenoxy) is 1. The third-order valence-corrected chi connectivity index (χ3v) is 8.57. The molecule has 0 aliphatic carbocycles. The van der Waals surface area contributed by atoms with Crippen LogP contribution in [0.2, 0.25) is 0 Å². The van der Waals surface area contributed by atoms with Crippen LogP contribution in [-0.2, 0) is 14.3 Å². The molecule has 0 aliphatic rings. The fourth-order valence-electron chi connectivity index (χ4n) is 5.70. The van der Waals surface area contributed by atoms with Crippen LogP contribution in [0.4, 0.5) is 0 Å². The Morgan fingerprint density at radius 2 is 0.913 bits per heavy atom. The molecule has 1 atom stereocenters.